The van der Waals surface area contributed by atoms with E-state index in [1.807, 2.05) is 12.1 Å². The van der Waals surface area contributed by atoms with Gasteiger partial charge >= 0.3 is 0 Å². The molecule has 0 bridgehead atoms. The molecule has 1 atom stereocenters. The van der Waals surface area contributed by atoms with Crippen LogP contribution >= 0.6 is 38.5 Å². The standard InChI is InChI=1S/C12H11BrIN3/c1-8(9-3-2-4-10(13)5-9)17-12-11(14)6-15-7-16-12/h2-8H,1H3,(H,15,16,17). The summed E-state index contributed by atoms with van der Waals surface area (Å²) in [6.07, 6.45) is 3.35. The first kappa shape index (κ1) is 12.8. The van der Waals surface area contributed by atoms with E-state index in [1.54, 1.807) is 12.5 Å². The molecule has 0 amide bonds. The Kier molecular flexibility index (Phi) is 4.33. The van der Waals surface area contributed by atoms with Crippen LogP contribution in [0.15, 0.2) is 41.3 Å². The number of rotatable bonds is 3. The van der Waals surface area contributed by atoms with Crippen LogP contribution in [0.25, 0.3) is 0 Å². The molecule has 3 nitrogen and oxygen atoms in total. The highest BCUT2D eigenvalue weighted by Crippen LogP contribution is 2.23. The van der Waals surface area contributed by atoms with Gasteiger partial charge in [0, 0.05) is 10.7 Å². The Balaban J connectivity index is 2.17. The molecule has 2 aromatic rings. The lowest BCUT2D eigenvalue weighted by Gasteiger charge is -2.15. The summed E-state index contributed by atoms with van der Waals surface area (Å²) in [6.45, 7) is 2.11. The summed E-state index contributed by atoms with van der Waals surface area (Å²) in [5.41, 5.74) is 1.22. The molecule has 88 valence electrons. The molecular weight excluding hydrogens is 393 g/mol. The van der Waals surface area contributed by atoms with Gasteiger partial charge in [-0.1, -0.05) is 28.1 Å². The van der Waals surface area contributed by atoms with Crippen LogP contribution in [0.5, 0.6) is 0 Å². The molecule has 1 aromatic carbocycles. The van der Waals surface area contributed by atoms with Crippen LogP contribution in [0.3, 0.4) is 0 Å². The van der Waals surface area contributed by atoms with Crippen LogP contribution in [0.1, 0.15) is 18.5 Å². The van der Waals surface area contributed by atoms with Gasteiger partial charge in [-0.15, -0.1) is 0 Å². The van der Waals surface area contributed by atoms with Crippen LogP contribution in [0.4, 0.5) is 5.82 Å². The van der Waals surface area contributed by atoms with Crippen molar-refractivity contribution in [2.75, 3.05) is 5.32 Å². The first-order chi connectivity index (χ1) is 8.16. The van der Waals surface area contributed by atoms with Crippen LogP contribution in [-0.4, -0.2) is 9.97 Å². The van der Waals surface area contributed by atoms with E-state index in [0.717, 1.165) is 13.9 Å². The second-order valence-electron chi connectivity index (χ2n) is 3.64. The molecule has 17 heavy (non-hydrogen) atoms. The number of hydrogen-bond acceptors (Lipinski definition) is 3. The maximum atomic E-state index is 4.22. The summed E-state index contributed by atoms with van der Waals surface area (Å²) in [6, 6.07) is 8.45. The van der Waals surface area contributed by atoms with Crippen LogP contribution < -0.4 is 5.32 Å². The third-order valence-corrected chi connectivity index (χ3v) is 3.65. The molecule has 1 aromatic heterocycles. The Labute approximate surface area is 122 Å². The molecule has 0 aliphatic carbocycles. The Morgan fingerprint density at radius 2 is 2.24 bits per heavy atom. The average Bonchev–Trinajstić information content (AvgIpc) is 2.32. The zero-order valence-corrected chi connectivity index (χ0v) is 12.9. The lowest BCUT2D eigenvalue weighted by atomic mass is 10.1. The SMILES string of the molecule is CC(Nc1ncncc1I)c1cccc(Br)c1. The van der Waals surface area contributed by atoms with Crippen molar-refractivity contribution < 1.29 is 0 Å². The largest absolute Gasteiger partial charge is 0.363 e. The quantitative estimate of drug-likeness (QED) is 0.786. The lowest BCUT2D eigenvalue weighted by Crippen LogP contribution is -2.09. The fourth-order valence-electron chi connectivity index (χ4n) is 1.48. The first-order valence-corrected chi connectivity index (χ1v) is 7.01. The predicted molar refractivity (Wildman–Crippen MR) is 80.9 cm³/mol. The second kappa shape index (κ2) is 5.77. The van der Waals surface area contributed by atoms with Gasteiger partial charge in [-0.05, 0) is 47.2 Å². The zero-order valence-electron chi connectivity index (χ0n) is 9.19. The van der Waals surface area contributed by atoms with Gasteiger partial charge in [-0.2, -0.15) is 0 Å². The minimum Gasteiger partial charge on any atom is -0.363 e. The molecule has 0 spiro atoms. The summed E-state index contributed by atoms with van der Waals surface area (Å²) in [5, 5.41) is 3.37. The summed E-state index contributed by atoms with van der Waals surface area (Å²) in [4.78, 5) is 8.20. The van der Waals surface area contributed by atoms with Gasteiger partial charge in [0.1, 0.15) is 12.1 Å². The summed E-state index contributed by atoms with van der Waals surface area (Å²) >= 11 is 5.70. The Morgan fingerprint density at radius 1 is 1.41 bits per heavy atom. The third-order valence-electron chi connectivity index (χ3n) is 2.37. The topological polar surface area (TPSA) is 37.8 Å². The lowest BCUT2D eigenvalue weighted by molar-refractivity contribution is 0.868. The van der Waals surface area contributed by atoms with Gasteiger partial charge in [0.05, 0.1) is 9.61 Å². The molecule has 0 aliphatic rings. The van der Waals surface area contributed by atoms with E-state index in [-0.39, 0.29) is 6.04 Å². The van der Waals surface area contributed by atoms with Gasteiger partial charge in [0.25, 0.3) is 0 Å². The highest BCUT2D eigenvalue weighted by molar-refractivity contribution is 14.1. The van der Waals surface area contributed by atoms with E-state index < -0.39 is 0 Å². The van der Waals surface area contributed by atoms with Crippen molar-refractivity contribution in [3.8, 4) is 0 Å². The average molecular weight is 404 g/mol. The minimum absolute atomic E-state index is 0.205. The van der Waals surface area contributed by atoms with Crippen molar-refractivity contribution in [1.29, 1.82) is 0 Å². The maximum Gasteiger partial charge on any atom is 0.143 e. The van der Waals surface area contributed by atoms with Crippen LogP contribution in [-0.2, 0) is 0 Å². The fraction of sp³-hybridized carbons (Fsp3) is 0.167. The van der Waals surface area contributed by atoms with Gasteiger partial charge in [-0.3, -0.25) is 0 Å². The normalized spacial score (nSPS) is 12.2. The highest BCUT2D eigenvalue weighted by atomic mass is 127. The van der Waals surface area contributed by atoms with Gasteiger partial charge in [0.15, 0.2) is 0 Å². The Bertz CT molecular complexity index is 519. The fourth-order valence-corrected chi connectivity index (χ4v) is 2.36. The maximum absolute atomic E-state index is 4.22. The Morgan fingerprint density at radius 3 is 2.94 bits per heavy atom. The monoisotopic (exact) mass is 403 g/mol. The molecule has 0 radical (unpaired) electrons. The number of anilines is 1. The summed E-state index contributed by atoms with van der Waals surface area (Å²) in [5.74, 6) is 0.869. The van der Waals surface area contributed by atoms with Crippen molar-refractivity contribution in [1.82, 2.24) is 9.97 Å². The summed E-state index contributed by atoms with van der Waals surface area (Å²) in [7, 11) is 0. The molecule has 2 rings (SSSR count). The van der Waals surface area contributed by atoms with E-state index in [2.05, 4.69) is 72.9 Å². The molecule has 1 heterocycles. The number of nitrogens with one attached hydrogen (secondary N) is 1. The number of hydrogen-bond donors (Lipinski definition) is 1. The van der Waals surface area contributed by atoms with E-state index in [4.69, 9.17) is 0 Å². The minimum atomic E-state index is 0.205. The second-order valence-corrected chi connectivity index (χ2v) is 5.72. The van der Waals surface area contributed by atoms with Crippen molar-refractivity contribution in [2.24, 2.45) is 0 Å². The molecule has 0 fully saturated rings. The van der Waals surface area contributed by atoms with E-state index in [9.17, 15) is 0 Å². The number of nitrogens with zero attached hydrogens (tertiary/aromatic N) is 2. The number of aromatic nitrogens is 2. The van der Waals surface area contributed by atoms with Gasteiger partial charge < -0.3 is 5.32 Å². The van der Waals surface area contributed by atoms with Gasteiger partial charge in [0.2, 0.25) is 0 Å². The first-order valence-electron chi connectivity index (χ1n) is 5.14. The predicted octanol–water partition coefficient (Wildman–Crippen LogP) is 4.02. The van der Waals surface area contributed by atoms with Crippen molar-refractivity contribution in [3.63, 3.8) is 0 Å². The van der Waals surface area contributed by atoms with E-state index >= 15 is 0 Å². The summed E-state index contributed by atoms with van der Waals surface area (Å²) < 4.78 is 2.10. The van der Waals surface area contributed by atoms with Crippen molar-refractivity contribution in [3.05, 3.63) is 50.4 Å². The Hall–Kier alpha value is -0.690. The zero-order chi connectivity index (χ0) is 12.3. The van der Waals surface area contributed by atoms with Crippen molar-refractivity contribution in [2.45, 2.75) is 13.0 Å². The smallest absolute Gasteiger partial charge is 0.143 e. The van der Waals surface area contributed by atoms with Crippen molar-refractivity contribution >= 4 is 44.3 Å². The highest BCUT2D eigenvalue weighted by Gasteiger charge is 2.08. The van der Waals surface area contributed by atoms with E-state index in [0.29, 0.717) is 0 Å². The molecular formula is C12H11BrIN3. The third kappa shape index (κ3) is 3.38. The number of halogens is 2. The van der Waals surface area contributed by atoms with Crippen LogP contribution in [0.2, 0.25) is 0 Å². The van der Waals surface area contributed by atoms with Crippen LogP contribution in [0, 0.1) is 3.57 Å². The molecule has 5 heteroatoms. The number of benzene rings is 1. The van der Waals surface area contributed by atoms with Gasteiger partial charge in [-0.25, -0.2) is 9.97 Å². The molecule has 0 aliphatic heterocycles. The molecule has 1 N–H and O–H groups in total. The molecule has 0 saturated heterocycles. The van der Waals surface area contributed by atoms with E-state index in [1.165, 1.54) is 5.56 Å². The molecule has 0 saturated carbocycles. The molecule has 1 unspecified atom stereocenters.